The Hall–Kier alpha value is -3.01. The Bertz CT molecular complexity index is 1350. The van der Waals surface area contributed by atoms with Crippen LogP contribution in [-0.4, -0.2) is 44.3 Å². The summed E-state index contributed by atoms with van der Waals surface area (Å²) in [6.45, 7) is 7.53. The molecule has 4 rings (SSSR count). The van der Waals surface area contributed by atoms with Crippen molar-refractivity contribution in [3.8, 4) is 11.6 Å². The van der Waals surface area contributed by atoms with E-state index in [1.54, 1.807) is 23.2 Å². The predicted octanol–water partition coefficient (Wildman–Crippen LogP) is 4.99. The van der Waals surface area contributed by atoms with E-state index in [4.69, 9.17) is 21.7 Å². The second kappa shape index (κ2) is 11.2. The highest BCUT2D eigenvalue weighted by atomic mass is 32.2. The van der Waals surface area contributed by atoms with Gasteiger partial charge >= 0.3 is 0 Å². The molecule has 3 heterocycles. The van der Waals surface area contributed by atoms with Crippen LogP contribution in [0.3, 0.4) is 0 Å². The van der Waals surface area contributed by atoms with Gasteiger partial charge in [-0.15, -0.1) is 0 Å². The summed E-state index contributed by atoms with van der Waals surface area (Å²) >= 11 is 6.61. The SMILES string of the molecule is CCOCCCN1C(=O)/C(=C\c2c(Oc3ccc(CC)cc3)nc3c(C)cccn3c2=O)SC1=S. The van der Waals surface area contributed by atoms with E-state index in [0.29, 0.717) is 46.8 Å². The highest BCUT2D eigenvalue weighted by Crippen LogP contribution is 2.34. The summed E-state index contributed by atoms with van der Waals surface area (Å²) in [5.74, 6) is 0.476. The Morgan fingerprint density at radius 3 is 2.63 bits per heavy atom. The number of thiocarbonyl (C=S) groups is 1. The van der Waals surface area contributed by atoms with Crippen molar-refractivity contribution in [1.29, 1.82) is 0 Å². The lowest BCUT2D eigenvalue weighted by atomic mass is 10.2. The number of nitrogens with zero attached hydrogens (tertiary/aromatic N) is 3. The van der Waals surface area contributed by atoms with Gasteiger partial charge in [-0.2, -0.15) is 4.98 Å². The number of carbonyl (C=O) groups excluding carboxylic acids is 1. The molecular formula is C26H27N3O4S2. The van der Waals surface area contributed by atoms with Gasteiger partial charge in [0, 0.05) is 26.0 Å². The van der Waals surface area contributed by atoms with Gasteiger partial charge in [-0.1, -0.05) is 49.1 Å². The van der Waals surface area contributed by atoms with Crippen molar-refractivity contribution in [3.05, 3.63) is 74.5 Å². The maximum atomic E-state index is 13.5. The van der Waals surface area contributed by atoms with Crippen LogP contribution < -0.4 is 10.3 Å². The van der Waals surface area contributed by atoms with Gasteiger partial charge in [-0.05, 0) is 62.1 Å². The zero-order valence-corrected chi connectivity index (χ0v) is 21.6. The van der Waals surface area contributed by atoms with Crippen molar-refractivity contribution in [2.24, 2.45) is 0 Å². The minimum atomic E-state index is -0.319. The van der Waals surface area contributed by atoms with Crippen LogP contribution in [0.25, 0.3) is 11.7 Å². The third-order valence-electron chi connectivity index (χ3n) is 5.62. The molecule has 1 aliphatic rings. The van der Waals surface area contributed by atoms with Crippen molar-refractivity contribution in [2.75, 3.05) is 19.8 Å². The second-order valence-corrected chi connectivity index (χ2v) is 9.68. The number of pyridine rings is 1. The number of fused-ring (bicyclic) bond motifs is 1. The maximum Gasteiger partial charge on any atom is 0.269 e. The highest BCUT2D eigenvalue weighted by molar-refractivity contribution is 8.26. The molecule has 0 N–H and O–H groups in total. The van der Waals surface area contributed by atoms with Crippen molar-refractivity contribution < 1.29 is 14.3 Å². The second-order valence-electron chi connectivity index (χ2n) is 8.00. The van der Waals surface area contributed by atoms with Gasteiger partial charge < -0.3 is 9.47 Å². The van der Waals surface area contributed by atoms with E-state index in [0.717, 1.165) is 12.0 Å². The number of amides is 1. The topological polar surface area (TPSA) is 73.1 Å². The third-order valence-corrected chi connectivity index (χ3v) is 7.00. The fourth-order valence-corrected chi connectivity index (χ4v) is 4.98. The summed E-state index contributed by atoms with van der Waals surface area (Å²) in [6, 6.07) is 11.3. The van der Waals surface area contributed by atoms with E-state index in [-0.39, 0.29) is 22.9 Å². The van der Waals surface area contributed by atoms with Crippen LogP contribution in [-0.2, 0) is 16.0 Å². The Kier molecular flexibility index (Phi) is 8.00. The standard InChI is InChI=1S/C26H27N3O4S2/c1-4-18-9-11-19(12-10-18)33-23-20(24(30)28-13-6-8-17(3)22(28)27-23)16-21-25(31)29(26(34)35-21)14-7-15-32-5-2/h6,8-13,16H,4-5,7,14-15H2,1-3H3/b21-16+. The van der Waals surface area contributed by atoms with Gasteiger partial charge in [-0.3, -0.25) is 18.9 Å². The summed E-state index contributed by atoms with van der Waals surface area (Å²) in [7, 11) is 0. The number of thioether (sulfide) groups is 1. The number of benzene rings is 1. The summed E-state index contributed by atoms with van der Waals surface area (Å²) < 4.78 is 13.4. The van der Waals surface area contributed by atoms with Gasteiger partial charge in [0.2, 0.25) is 5.88 Å². The molecule has 0 atom stereocenters. The van der Waals surface area contributed by atoms with Crippen LogP contribution in [0.4, 0.5) is 0 Å². The van der Waals surface area contributed by atoms with E-state index < -0.39 is 0 Å². The molecule has 182 valence electrons. The van der Waals surface area contributed by atoms with E-state index in [1.807, 2.05) is 44.2 Å². The molecule has 0 radical (unpaired) electrons. The first-order valence-electron chi connectivity index (χ1n) is 11.5. The van der Waals surface area contributed by atoms with Gasteiger partial charge in [0.1, 0.15) is 21.3 Å². The van der Waals surface area contributed by atoms with E-state index in [1.165, 1.54) is 21.7 Å². The first kappa shape index (κ1) is 25.1. The molecule has 1 saturated heterocycles. The first-order chi connectivity index (χ1) is 16.9. The Balaban J connectivity index is 1.74. The molecule has 9 heteroatoms. The van der Waals surface area contributed by atoms with Gasteiger partial charge in [0.25, 0.3) is 11.5 Å². The summed E-state index contributed by atoms with van der Waals surface area (Å²) in [5, 5.41) is 0. The van der Waals surface area contributed by atoms with Crippen molar-refractivity contribution >= 4 is 45.9 Å². The van der Waals surface area contributed by atoms with E-state index >= 15 is 0 Å². The molecule has 2 aromatic heterocycles. The molecule has 1 amide bonds. The van der Waals surface area contributed by atoms with Crippen LogP contribution in [0.2, 0.25) is 0 Å². The number of hydrogen-bond donors (Lipinski definition) is 0. The van der Waals surface area contributed by atoms with Gasteiger partial charge in [0.15, 0.2) is 0 Å². The molecule has 3 aromatic rings. The lowest BCUT2D eigenvalue weighted by Crippen LogP contribution is -2.29. The Labute approximate surface area is 213 Å². The molecule has 1 aromatic carbocycles. The zero-order chi connectivity index (χ0) is 24.9. The predicted molar refractivity (Wildman–Crippen MR) is 143 cm³/mol. The lowest BCUT2D eigenvalue weighted by molar-refractivity contribution is -0.122. The van der Waals surface area contributed by atoms with Crippen molar-refractivity contribution in [2.45, 2.75) is 33.6 Å². The van der Waals surface area contributed by atoms with Crippen molar-refractivity contribution in [3.63, 3.8) is 0 Å². The molecule has 0 aliphatic carbocycles. The summed E-state index contributed by atoms with van der Waals surface area (Å²) in [4.78, 5) is 33.2. The smallest absolute Gasteiger partial charge is 0.269 e. The minimum Gasteiger partial charge on any atom is -0.438 e. The zero-order valence-electron chi connectivity index (χ0n) is 19.9. The molecule has 35 heavy (non-hydrogen) atoms. The van der Waals surface area contributed by atoms with Crippen LogP contribution in [0.1, 0.15) is 37.0 Å². The quantitative estimate of drug-likeness (QED) is 0.229. The molecule has 0 saturated carbocycles. The fraction of sp³-hybridized carbons (Fsp3) is 0.308. The van der Waals surface area contributed by atoms with E-state index in [2.05, 4.69) is 11.9 Å². The molecule has 0 bridgehead atoms. The first-order valence-corrected chi connectivity index (χ1v) is 12.8. The number of carbonyl (C=O) groups is 1. The largest absolute Gasteiger partial charge is 0.438 e. The van der Waals surface area contributed by atoms with Crippen LogP contribution in [0.15, 0.2) is 52.3 Å². The number of hydrogen-bond acceptors (Lipinski definition) is 7. The summed E-state index contributed by atoms with van der Waals surface area (Å²) in [5.41, 5.74) is 2.39. The Morgan fingerprint density at radius 1 is 1.14 bits per heavy atom. The molecule has 1 fully saturated rings. The normalized spacial score (nSPS) is 14.9. The molecular weight excluding hydrogens is 482 g/mol. The molecule has 1 aliphatic heterocycles. The summed E-state index contributed by atoms with van der Waals surface area (Å²) in [6.07, 6.45) is 4.79. The van der Waals surface area contributed by atoms with Gasteiger partial charge in [-0.25, -0.2) is 0 Å². The molecule has 7 nitrogen and oxygen atoms in total. The van der Waals surface area contributed by atoms with Crippen LogP contribution in [0, 0.1) is 6.92 Å². The fourth-order valence-electron chi connectivity index (χ4n) is 3.69. The third kappa shape index (κ3) is 5.47. The van der Waals surface area contributed by atoms with Crippen LogP contribution >= 0.6 is 24.0 Å². The van der Waals surface area contributed by atoms with E-state index in [9.17, 15) is 9.59 Å². The monoisotopic (exact) mass is 509 g/mol. The number of aromatic nitrogens is 2. The average Bonchev–Trinajstić information content (AvgIpc) is 3.12. The van der Waals surface area contributed by atoms with Gasteiger partial charge in [0.05, 0.1) is 4.91 Å². The van der Waals surface area contributed by atoms with Crippen LogP contribution in [0.5, 0.6) is 11.6 Å². The molecule has 0 spiro atoms. The highest BCUT2D eigenvalue weighted by Gasteiger charge is 2.32. The average molecular weight is 510 g/mol. The lowest BCUT2D eigenvalue weighted by Gasteiger charge is -2.14. The Morgan fingerprint density at radius 2 is 1.91 bits per heavy atom. The van der Waals surface area contributed by atoms with Crippen molar-refractivity contribution in [1.82, 2.24) is 14.3 Å². The number of ether oxygens (including phenoxy) is 2. The minimum absolute atomic E-state index is 0.148. The maximum absolute atomic E-state index is 13.5. The number of aryl methyl sites for hydroxylation is 2. The number of rotatable bonds is 9. The molecule has 0 unspecified atom stereocenters.